The number of rotatable bonds is 5. The second-order valence-corrected chi connectivity index (χ2v) is 18.0. The van der Waals surface area contributed by atoms with Crippen molar-refractivity contribution in [3.05, 3.63) is 265 Å². The predicted molar refractivity (Wildman–Crippen MR) is 278 cm³/mol. The first-order chi connectivity index (χ1) is 33.7. The van der Waals surface area contributed by atoms with Gasteiger partial charge < -0.3 is 4.42 Å². The molecule has 0 atom stereocenters. The first-order valence-electron chi connectivity index (χ1n) is 23.3. The van der Waals surface area contributed by atoms with E-state index in [1.165, 1.54) is 50.1 Å². The van der Waals surface area contributed by atoms with Gasteiger partial charge in [-0.1, -0.05) is 200 Å². The highest BCUT2D eigenvalue weighted by Gasteiger charge is 2.49. The molecular weight excluding hydrogens is 825 g/mol. The largest absolute Gasteiger partial charge is 0.456 e. The van der Waals surface area contributed by atoms with Crippen LogP contribution >= 0.6 is 0 Å². The van der Waals surface area contributed by atoms with E-state index in [4.69, 9.17) is 14.4 Å². The molecule has 2 heterocycles. The second kappa shape index (κ2) is 15.1. The average molecular weight is 865 g/mol. The van der Waals surface area contributed by atoms with Crippen LogP contribution in [0.3, 0.4) is 0 Å². The molecule has 2 aliphatic rings. The van der Waals surface area contributed by atoms with Gasteiger partial charge in [-0.15, -0.1) is 0 Å². The van der Waals surface area contributed by atoms with Gasteiger partial charge in [0.25, 0.3) is 0 Å². The van der Waals surface area contributed by atoms with Gasteiger partial charge in [0.15, 0.2) is 5.82 Å². The fourth-order valence-corrected chi connectivity index (χ4v) is 11.4. The highest BCUT2D eigenvalue weighted by molar-refractivity contribution is 6.12. The number of para-hydroxylation sites is 1. The molecule has 2 aromatic heterocycles. The van der Waals surface area contributed by atoms with E-state index < -0.39 is 5.41 Å². The van der Waals surface area contributed by atoms with E-state index >= 15 is 0 Å². The van der Waals surface area contributed by atoms with E-state index in [-0.39, 0.29) is 0 Å². The number of hydrogen-bond donors (Lipinski definition) is 0. The van der Waals surface area contributed by atoms with Crippen molar-refractivity contribution in [2.45, 2.75) is 5.41 Å². The van der Waals surface area contributed by atoms with Crippen LogP contribution < -0.4 is 0 Å². The Morgan fingerprint density at radius 2 is 0.750 bits per heavy atom. The first-order valence-corrected chi connectivity index (χ1v) is 23.3. The molecule has 0 amide bonds. The van der Waals surface area contributed by atoms with Gasteiger partial charge in [-0.05, 0) is 120 Å². The number of hydrogen-bond acceptors (Lipinski definition) is 3. The molecule has 0 saturated carbocycles. The SMILES string of the molecule is c1ccc(-c2cc(-c3ccccc3)cc(-c3cc(-c4cccc5oc6ccccc6c45)nc(-c4ccc5c(c4)-c4ccccc4-c4ccccc4C54c5ccccc5-c5ccccc54)n3)c2)cc1. The van der Waals surface area contributed by atoms with E-state index in [1.807, 2.05) is 18.2 Å². The van der Waals surface area contributed by atoms with Crippen molar-refractivity contribution in [1.29, 1.82) is 0 Å². The van der Waals surface area contributed by atoms with Gasteiger partial charge in [0.2, 0.25) is 0 Å². The lowest BCUT2D eigenvalue weighted by Crippen LogP contribution is -2.29. The Bertz CT molecular complexity index is 3870. The second-order valence-electron chi connectivity index (χ2n) is 18.0. The van der Waals surface area contributed by atoms with Crippen LogP contribution in [0.5, 0.6) is 0 Å². The fourth-order valence-electron chi connectivity index (χ4n) is 11.4. The van der Waals surface area contributed by atoms with Crippen LogP contribution in [0.4, 0.5) is 0 Å². The maximum absolute atomic E-state index is 6.46. The van der Waals surface area contributed by atoms with Gasteiger partial charge in [-0.3, -0.25) is 0 Å². The summed E-state index contributed by atoms with van der Waals surface area (Å²) in [5.74, 6) is 0.650. The highest BCUT2D eigenvalue weighted by atomic mass is 16.3. The standard InChI is InChI=1S/C65H40N2O/c1-3-18-41(19-4-1)44-36-45(42-20-5-2-6-21-42)38-46(37-44)59-40-60(52-28-17-33-62-63(52)53-27-12-16-32-61(53)68-62)67-64(66-59)43-34-35-58-54(39-43)48-23-8-7-22-47(48)49-24-9-13-29-55(49)65(58)56-30-14-10-25-50(56)51-26-11-15-31-57(51)65/h1-40H. The minimum atomic E-state index is -0.575. The molecule has 3 nitrogen and oxygen atoms in total. The van der Waals surface area contributed by atoms with Gasteiger partial charge in [0, 0.05) is 27.5 Å². The molecule has 0 aliphatic heterocycles. The van der Waals surface area contributed by atoms with Crippen molar-refractivity contribution in [3.63, 3.8) is 0 Å². The molecule has 0 saturated heterocycles. The van der Waals surface area contributed by atoms with Crippen molar-refractivity contribution in [1.82, 2.24) is 9.97 Å². The summed E-state index contributed by atoms with van der Waals surface area (Å²) < 4.78 is 6.46. The van der Waals surface area contributed by atoms with Crippen LogP contribution in [0.15, 0.2) is 247 Å². The summed E-state index contributed by atoms with van der Waals surface area (Å²) in [6.45, 7) is 0. The summed E-state index contributed by atoms with van der Waals surface area (Å²) >= 11 is 0. The van der Waals surface area contributed by atoms with E-state index in [0.29, 0.717) is 5.82 Å². The molecule has 316 valence electrons. The van der Waals surface area contributed by atoms with E-state index in [0.717, 1.165) is 77.8 Å². The quantitative estimate of drug-likeness (QED) is 0.173. The normalized spacial score (nSPS) is 12.8. The maximum Gasteiger partial charge on any atom is 0.160 e. The lowest BCUT2D eigenvalue weighted by molar-refractivity contribution is 0.669. The van der Waals surface area contributed by atoms with E-state index in [1.54, 1.807) is 0 Å². The zero-order valence-corrected chi connectivity index (χ0v) is 36.9. The molecule has 10 aromatic carbocycles. The van der Waals surface area contributed by atoms with Crippen LogP contribution in [-0.2, 0) is 5.41 Å². The van der Waals surface area contributed by atoms with Crippen LogP contribution in [0, 0.1) is 0 Å². The summed E-state index contributed by atoms with van der Waals surface area (Å²) in [7, 11) is 0. The summed E-state index contributed by atoms with van der Waals surface area (Å²) in [5, 5.41) is 2.09. The predicted octanol–water partition coefficient (Wildman–Crippen LogP) is 16.7. The third-order valence-electron chi connectivity index (χ3n) is 14.3. The topological polar surface area (TPSA) is 38.9 Å². The fraction of sp³-hybridized carbons (Fsp3) is 0.0154. The zero-order chi connectivity index (χ0) is 44.8. The molecule has 3 heteroatoms. The molecule has 1 spiro atoms. The Balaban J connectivity index is 1.06. The third-order valence-corrected chi connectivity index (χ3v) is 14.3. The van der Waals surface area contributed by atoms with Crippen LogP contribution in [-0.4, -0.2) is 9.97 Å². The molecule has 0 bridgehead atoms. The minimum Gasteiger partial charge on any atom is -0.456 e. The number of furan rings is 1. The number of nitrogens with zero attached hydrogens (tertiary/aromatic N) is 2. The van der Waals surface area contributed by atoms with E-state index in [9.17, 15) is 0 Å². The molecule has 0 unspecified atom stereocenters. The summed E-state index contributed by atoms with van der Waals surface area (Å²) in [4.78, 5) is 11.2. The van der Waals surface area contributed by atoms with Gasteiger partial charge in [0.1, 0.15) is 11.2 Å². The Hall–Kier alpha value is -8.92. The molecule has 12 aromatic rings. The molecule has 68 heavy (non-hydrogen) atoms. The summed E-state index contributed by atoms with van der Waals surface area (Å²) in [6.07, 6.45) is 0. The molecule has 0 radical (unpaired) electrons. The van der Waals surface area contributed by atoms with Gasteiger partial charge >= 0.3 is 0 Å². The Morgan fingerprint density at radius 1 is 0.279 bits per heavy atom. The van der Waals surface area contributed by atoms with Crippen molar-refractivity contribution in [3.8, 4) is 89.5 Å². The van der Waals surface area contributed by atoms with E-state index in [2.05, 4.69) is 224 Å². The van der Waals surface area contributed by atoms with Crippen LogP contribution in [0.1, 0.15) is 22.3 Å². The smallest absolute Gasteiger partial charge is 0.160 e. The molecule has 0 N–H and O–H groups in total. The molecule has 14 rings (SSSR count). The highest BCUT2D eigenvalue weighted by Crippen LogP contribution is 2.61. The third kappa shape index (κ3) is 5.72. The number of fused-ring (bicyclic) bond motifs is 15. The maximum atomic E-state index is 6.46. The van der Waals surface area contributed by atoms with Gasteiger partial charge in [0.05, 0.1) is 16.8 Å². The number of aromatic nitrogens is 2. The van der Waals surface area contributed by atoms with Crippen LogP contribution in [0.2, 0.25) is 0 Å². The van der Waals surface area contributed by atoms with Crippen molar-refractivity contribution in [2.24, 2.45) is 0 Å². The summed E-state index contributed by atoms with van der Waals surface area (Å²) in [6, 6.07) is 87.7. The lowest BCUT2D eigenvalue weighted by atomic mass is 9.66. The van der Waals surface area contributed by atoms with Crippen molar-refractivity contribution < 1.29 is 4.42 Å². The Kier molecular flexibility index (Phi) is 8.50. The summed E-state index contributed by atoms with van der Waals surface area (Å²) in [5.41, 5.74) is 22.7. The molecule has 2 aliphatic carbocycles. The van der Waals surface area contributed by atoms with Gasteiger partial charge in [-0.25, -0.2) is 9.97 Å². The van der Waals surface area contributed by atoms with Crippen LogP contribution in [0.25, 0.3) is 111 Å². The molecular formula is C65H40N2O. The Labute approximate surface area is 394 Å². The minimum absolute atomic E-state index is 0.575. The molecule has 0 fully saturated rings. The van der Waals surface area contributed by atoms with Gasteiger partial charge in [-0.2, -0.15) is 0 Å². The first kappa shape index (κ1) is 38.4. The van der Waals surface area contributed by atoms with Crippen molar-refractivity contribution in [2.75, 3.05) is 0 Å². The van der Waals surface area contributed by atoms with Crippen molar-refractivity contribution >= 4 is 21.9 Å². The lowest BCUT2D eigenvalue weighted by Gasteiger charge is -2.35. The monoisotopic (exact) mass is 864 g/mol. The number of benzene rings is 10. The Morgan fingerprint density at radius 3 is 1.40 bits per heavy atom. The zero-order valence-electron chi connectivity index (χ0n) is 36.9. The average Bonchev–Trinajstić information content (AvgIpc) is 3.92.